The van der Waals surface area contributed by atoms with Gasteiger partial charge < -0.3 is 5.32 Å². The maximum atomic E-state index is 4.10. The Kier molecular flexibility index (Phi) is 1.91. The Balaban J connectivity index is 2.41. The van der Waals surface area contributed by atoms with Gasteiger partial charge in [0.05, 0.1) is 17.9 Å². The molecule has 0 saturated heterocycles. The van der Waals surface area contributed by atoms with Crippen LogP contribution in [0.5, 0.6) is 0 Å². The second kappa shape index (κ2) is 2.84. The van der Waals surface area contributed by atoms with E-state index < -0.39 is 0 Å². The van der Waals surface area contributed by atoms with Crippen LogP contribution in [0.15, 0.2) is 6.20 Å². The van der Waals surface area contributed by atoms with Crippen LogP contribution in [0.4, 0.5) is 0 Å². The molecule has 0 fully saturated rings. The van der Waals surface area contributed by atoms with E-state index in [4.69, 9.17) is 0 Å². The molecule has 2 rings (SSSR count). The van der Waals surface area contributed by atoms with E-state index in [0.717, 1.165) is 6.42 Å². The average molecular weight is 179 g/mol. The highest BCUT2D eigenvalue weighted by Crippen LogP contribution is 2.41. The SMILES string of the molecule is CNC1c2[nH]ncc2CCC1(C)C. The van der Waals surface area contributed by atoms with Gasteiger partial charge in [-0.15, -0.1) is 0 Å². The molecule has 0 radical (unpaired) electrons. The first-order chi connectivity index (χ1) is 6.15. The molecule has 0 aliphatic heterocycles. The van der Waals surface area contributed by atoms with E-state index in [1.165, 1.54) is 17.7 Å². The number of H-pyrrole nitrogens is 1. The lowest BCUT2D eigenvalue weighted by atomic mass is 9.73. The van der Waals surface area contributed by atoms with Crippen LogP contribution in [-0.4, -0.2) is 17.2 Å². The van der Waals surface area contributed by atoms with E-state index in [1.54, 1.807) is 0 Å². The summed E-state index contributed by atoms with van der Waals surface area (Å²) in [6, 6.07) is 0.416. The lowest BCUT2D eigenvalue weighted by Gasteiger charge is -2.37. The maximum absolute atomic E-state index is 4.10. The molecule has 3 nitrogen and oxygen atoms in total. The van der Waals surface area contributed by atoms with E-state index in [2.05, 4.69) is 29.4 Å². The Bertz CT molecular complexity index is 301. The number of aromatic nitrogens is 2. The normalized spacial score (nSPS) is 25.6. The van der Waals surface area contributed by atoms with E-state index in [0.29, 0.717) is 11.5 Å². The molecule has 0 amide bonds. The van der Waals surface area contributed by atoms with Gasteiger partial charge in [-0.2, -0.15) is 5.10 Å². The quantitative estimate of drug-likeness (QED) is 0.688. The fourth-order valence-electron chi connectivity index (χ4n) is 2.30. The molecular formula is C10H17N3. The van der Waals surface area contributed by atoms with Crippen molar-refractivity contribution in [1.29, 1.82) is 0 Å². The van der Waals surface area contributed by atoms with Crippen molar-refractivity contribution in [2.45, 2.75) is 32.7 Å². The molecule has 1 aliphatic carbocycles. The fraction of sp³-hybridized carbons (Fsp3) is 0.700. The van der Waals surface area contributed by atoms with Gasteiger partial charge in [0.25, 0.3) is 0 Å². The van der Waals surface area contributed by atoms with E-state index >= 15 is 0 Å². The van der Waals surface area contributed by atoms with Crippen LogP contribution in [0, 0.1) is 5.41 Å². The molecule has 72 valence electrons. The van der Waals surface area contributed by atoms with Gasteiger partial charge in [0.1, 0.15) is 0 Å². The molecule has 0 saturated carbocycles. The zero-order chi connectivity index (χ0) is 9.47. The molecule has 3 heteroatoms. The van der Waals surface area contributed by atoms with Gasteiger partial charge in [0, 0.05) is 0 Å². The fourth-order valence-corrected chi connectivity index (χ4v) is 2.30. The van der Waals surface area contributed by atoms with Crippen molar-refractivity contribution in [3.8, 4) is 0 Å². The Morgan fingerprint density at radius 1 is 1.62 bits per heavy atom. The predicted molar refractivity (Wildman–Crippen MR) is 52.5 cm³/mol. The number of nitrogens with one attached hydrogen (secondary N) is 2. The summed E-state index contributed by atoms with van der Waals surface area (Å²) in [4.78, 5) is 0. The molecule has 1 atom stereocenters. The van der Waals surface area contributed by atoms with Crippen LogP contribution < -0.4 is 5.32 Å². The lowest BCUT2D eigenvalue weighted by Crippen LogP contribution is -2.36. The van der Waals surface area contributed by atoms with Crippen molar-refractivity contribution in [3.63, 3.8) is 0 Å². The van der Waals surface area contributed by atoms with Gasteiger partial charge in [-0.3, -0.25) is 5.10 Å². The zero-order valence-corrected chi connectivity index (χ0v) is 8.52. The molecule has 1 aliphatic rings. The Labute approximate surface area is 78.9 Å². The predicted octanol–water partition coefficient (Wildman–Crippen LogP) is 1.64. The first-order valence-electron chi connectivity index (χ1n) is 4.84. The van der Waals surface area contributed by atoms with E-state index in [9.17, 15) is 0 Å². The summed E-state index contributed by atoms with van der Waals surface area (Å²) in [5.74, 6) is 0. The number of aryl methyl sites for hydroxylation is 1. The maximum Gasteiger partial charge on any atom is 0.0558 e. The lowest BCUT2D eigenvalue weighted by molar-refractivity contribution is 0.215. The number of nitrogens with zero attached hydrogens (tertiary/aromatic N) is 1. The highest BCUT2D eigenvalue weighted by atomic mass is 15.1. The first-order valence-corrected chi connectivity index (χ1v) is 4.84. The van der Waals surface area contributed by atoms with Gasteiger partial charge in [-0.1, -0.05) is 13.8 Å². The summed E-state index contributed by atoms with van der Waals surface area (Å²) in [7, 11) is 2.02. The highest BCUT2D eigenvalue weighted by molar-refractivity contribution is 5.25. The van der Waals surface area contributed by atoms with Crippen LogP contribution >= 0.6 is 0 Å². The number of hydrogen-bond donors (Lipinski definition) is 2. The standard InChI is InChI=1S/C10H17N3/c1-10(2)5-4-7-6-12-13-8(7)9(10)11-3/h6,9,11H,4-5H2,1-3H3,(H,12,13). The van der Waals surface area contributed by atoms with Gasteiger partial charge >= 0.3 is 0 Å². The van der Waals surface area contributed by atoms with Crippen molar-refractivity contribution < 1.29 is 0 Å². The van der Waals surface area contributed by atoms with Crippen molar-refractivity contribution in [2.75, 3.05) is 7.05 Å². The number of rotatable bonds is 1. The minimum Gasteiger partial charge on any atom is -0.311 e. The van der Waals surface area contributed by atoms with Crippen LogP contribution in [0.3, 0.4) is 0 Å². The molecule has 0 spiro atoms. The smallest absolute Gasteiger partial charge is 0.0558 e. The molecule has 1 heterocycles. The third kappa shape index (κ3) is 1.27. The number of fused-ring (bicyclic) bond motifs is 1. The minimum absolute atomic E-state index is 0.328. The minimum atomic E-state index is 0.328. The van der Waals surface area contributed by atoms with Crippen molar-refractivity contribution in [1.82, 2.24) is 15.5 Å². The summed E-state index contributed by atoms with van der Waals surface area (Å²) >= 11 is 0. The second-order valence-electron chi connectivity index (χ2n) is 4.52. The molecular weight excluding hydrogens is 162 g/mol. The van der Waals surface area contributed by atoms with Gasteiger partial charge in [0.15, 0.2) is 0 Å². The largest absolute Gasteiger partial charge is 0.311 e. The summed E-state index contributed by atoms with van der Waals surface area (Å²) in [6.45, 7) is 4.61. The van der Waals surface area contributed by atoms with Gasteiger partial charge in [0.2, 0.25) is 0 Å². The summed E-state index contributed by atoms with van der Waals surface area (Å²) in [5, 5.41) is 10.6. The topological polar surface area (TPSA) is 40.7 Å². The average Bonchev–Trinajstić information content (AvgIpc) is 2.50. The van der Waals surface area contributed by atoms with Crippen molar-refractivity contribution >= 4 is 0 Å². The van der Waals surface area contributed by atoms with E-state index in [-0.39, 0.29) is 0 Å². The van der Waals surface area contributed by atoms with Crippen LogP contribution in [0.2, 0.25) is 0 Å². The summed E-state index contributed by atoms with van der Waals surface area (Å²) in [5.41, 5.74) is 2.98. The molecule has 1 aromatic heterocycles. The third-order valence-corrected chi connectivity index (χ3v) is 3.15. The Morgan fingerprint density at radius 3 is 3.08 bits per heavy atom. The Morgan fingerprint density at radius 2 is 2.38 bits per heavy atom. The van der Waals surface area contributed by atoms with Gasteiger partial charge in [-0.25, -0.2) is 0 Å². The van der Waals surface area contributed by atoms with Crippen LogP contribution in [0.1, 0.15) is 37.6 Å². The zero-order valence-electron chi connectivity index (χ0n) is 8.52. The highest BCUT2D eigenvalue weighted by Gasteiger charge is 2.35. The molecule has 0 aromatic carbocycles. The monoisotopic (exact) mass is 179 g/mol. The number of hydrogen-bond acceptors (Lipinski definition) is 2. The van der Waals surface area contributed by atoms with Crippen LogP contribution in [-0.2, 0) is 6.42 Å². The molecule has 0 bridgehead atoms. The van der Waals surface area contributed by atoms with E-state index in [1.807, 2.05) is 13.2 Å². The molecule has 1 aromatic rings. The Hall–Kier alpha value is -0.830. The van der Waals surface area contributed by atoms with Crippen molar-refractivity contribution in [2.24, 2.45) is 5.41 Å². The van der Waals surface area contributed by atoms with Crippen LogP contribution in [0.25, 0.3) is 0 Å². The second-order valence-corrected chi connectivity index (χ2v) is 4.52. The number of aromatic amines is 1. The molecule has 2 N–H and O–H groups in total. The van der Waals surface area contributed by atoms with Gasteiger partial charge in [-0.05, 0) is 30.9 Å². The molecule has 13 heavy (non-hydrogen) atoms. The summed E-state index contributed by atoms with van der Waals surface area (Å²) in [6.07, 6.45) is 4.33. The summed E-state index contributed by atoms with van der Waals surface area (Å²) < 4.78 is 0. The van der Waals surface area contributed by atoms with Crippen molar-refractivity contribution in [3.05, 3.63) is 17.5 Å². The molecule has 1 unspecified atom stereocenters. The third-order valence-electron chi connectivity index (χ3n) is 3.15. The first kappa shape index (κ1) is 8.75.